The van der Waals surface area contributed by atoms with Crippen molar-refractivity contribution < 1.29 is 9.59 Å². The van der Waals surface area contributed by atoms with Gasteiger partial charge in [-0.05, 0) is 40.8 Å². The largest absolute Gasteiger partial charge is 0.366 e. The van der Waals surface area contributed by atoms with Crippen LogP contribution in [0.2, 0.25) is 0 Å². The Bertz CT molecular complexity index is 732. The molecule has 0 saturated carbocycles. The van der Waals surface area contributed by atoms with E-state index in [1.165, 1.54) is 11.1 Å². The maximum atomic E-state index is 12.0. The molecule has 2 aromatic carbocycles. The molecule has 0 saturated heterocycles. The quantitative estimate of drug-likeness (QED) is 0.823. The molecule has 0 unspecified atom stereocenters. The first-order chi connectivity index (χ1) is 11.8. The fraction of sp³-hybridized carbons (Fsp3) is 0.300. The first-order valence-corrected chi connectivity index (χ1v) is 9.28. The van der Waals surface area contributed by atoms with E-state index >= 15 is 0 Å². The lowest BCUT2D eigenvalue weighted by Crippen LogP contribution is -2.15. The molecule has 3 N–H and O–H groups in total. The topological polar surface area (TPSA) is 72.2 Å². The van der Waals surface area contributed by atoms with Crippen LogP contribution in [0.25, 0.3) is 0 Å². The van der Waals surface area contributed by atoms with Crippen LogP contribution in [0.1, 0.15) is 42.3 Å². The number of amides is 2. The third-order valence-electron chi connectivity index (χ3n) is 3.78. The van der Waals surface area contributed by atoms with Crippen LogP contribution in [-0.4, -0.2) is 17.6 Å². The molecular formula is C20H24N2O2S. The summed E-state index contributed by atoms with van der Waals surface area (Å²) >= 11 is 1.57. The Morgan fingerprint density at radius 3 is 2.12 bits per heavy atom. The van der Waals surface area contributed by atoms with Crippen molar-refractivity contribution in [3.63, 3.8) is 0 Å². The Morgan fingerprint density at radius 2 is 1.60 bits per heavy atom. The van der Waals surface area contributed by atoms with Crippen molar-refractivity contribution in [3.05, 3.63) is 65.2 Å². The molecule has 0 aliphatic heterocycles. The molecule has 5 heteroatoms. The van der Waals surface area contributed by atoms with Crippen LogP contribution in [0.4, 0.5) is 5.69 Å². The maximum Gasteiger partial charge on any atom is 0.248 e. The molecule has 0 fully saturated rings. The van der Waals surface area contributed by atoms with Gasteiger partial charge in [0.2, 0.25) is 11.8 Å². The molecule has 132 valence electrons. The van der Waals surface area contributed by atoms with Crippen molar-refractivity contribution in [3.8, 4) is 0 Å². The first-order valence-electron chi connectivity index (χ1n) is 8.12. The van der Waals surface area contributed by atoms with Crippen LogP contribution in [0.15, 0.2) is 48.5 Å². The number of primary amides is 1. The zero-order chi connectivity index (χ0) is 18.4. The summed E-state index contributed by atoms with van der Waals surface area (Å²) in [6.45, 7) is 6.57. The Balaban J connectivity index is 1.79. The van der Waals surface area contributed by atoms with Gasteiger partial charge in [0.15, 0.2) is 0 Å². The lowest BCUT2D eigenvalue weighted by atomic mass is 9.87. The summed E-state index contributed by atoms with van der Waals surface area (Å²) in [5.74, 6) is 0.617. The van der Waals surface area contributed by atoms with Crippen molar-refractivity contribution in [2.24, 2.45) is 5.73 Å². The van der Waals surface area contributed by atoms with Gasteiger partial charge in [-0.25, -0.2) is 0 Å². The number of thioether (sulfide) groups is 1. The average Bonchev–Trinajstić information content (AvgIpc) is 2.55. The zero-order valence-electron chi connectivity index (χ0n) is 14.8. The van der Waals surface area contributed by atoms with Crippen molar-refractivity contribution in [2.45, 2.75) is 31.9 Å². The predicted molar refractivity (Wildman–Crippen MR) is 105 cm³/mol. The summed E-state index contributed by atoms with van der Waals surface area (Å²) in [6.07, 6.45) is 0. The highest BCUT2D eigenvalue weighted by Gasteiger charge is 2.12. The minimum absolute atomic E-state index is 0.0665. The van der Waals surface area contributed by atoms with E-state index in [2.05, 4.69) is 50.4 Å². The van der Waals surface area contributed by atoms with E-state index in [-0.39, 0.29) is 11.3 Å². The van der Waals surface area contributed by atoms with E-state index in [1.807, 2.05) is 0 Å². The molecule has 0 spiro atoms. The monoisotopic (exact) mass is 356 g/mol. The Labute approximate surface area is 153 Å². The van der Waals surface area contributed by atoms with Gasteiger partial charge in [0.25, 0.3) is 0 Å². The van der Waals surface area contributed by atoms with Crippen molar-refractivity contribution in [2.75, 3.05) is 11.1 Å². The number of hydrogen-bond acceptors (Lipinski definition) is 3. The Kier molecular flexibility index (Phi) is 6.26. The Hall–Kier alpha value is -2.27. The van der Waals surface area contributed by atoms with E-state index in [4.69, 9.17) is 5.73 Å². The minimum Gasteiger partial charge on any atom is -0.366 e. The van der Waals surface area contributed by atoms with Gasteiger partial charge in [-0.3, -0.25) is 9.59 Å². The van der Waals surface area contributed by atoms with Crippen molar-refractivity contribution in [1.82, 2.24) is 0 Å². The van der Waals surface area contributed by atoms with Crippen molar-refractivity contribution >= 4 is 29.3 Å². The maximum absolute atomic E-state index is 12.0. The summed E-state index contributed by atoms with van der Waals surface area (Å²) in [5, 5.41) is 2.81. The lowest BCUT2D eigenvalue weighted by molar-refractivity contribution is -0.113. The van der Waals surface area contributed by atoms with Crippen LogP contribution in [0.5, 0.6) is 0 Å². The standard InChI is InChI=1S/C20H24N2O2S/c1-20(2,3)16-8-4-14(5-9-16)12-25-13-18(23)22-17-10-6-15(7-11-17)19(21)24/h4-11H,12-13H2,1-3H3,(H2,21,24)(H,22,23). The molecule has 0 atom stereocenters. The summed E-state index contributed by atoms with van der Waals surface area (Å²) in [5.41, 5.74) is 8.93. The van der Waals surface area contributed by atoms with Gasteiger partial charge in [-0.1, -0.05) is 45.0 Å². The molecule has 2 rings (SSSR count). The second kappa shape index (κ2) is 8.21. The first kappa shape index (κ1) is 19.1. The molecule has 2 aromatic rings. The number of benzene rings is 2. The fourth-order valence-corrected chi connectivity index (χ4v) is 3.07. The number of carbonyl (C=O) groups is 2. The fourth-order valence-electron chi connectivity index (χ4n) is 2.28. The highest BCUT2D eigenvalue weighted by atomic mass is 32.2. The van der Waals surface area contributed by atoms with Crippen LogP contribution in [0.3, 0.4) is 0 Å². The molecule has 0 bridgehead atoms. The second-order valence-electron chi connectivity index (χ2n) is 6.93. The lowest BCUT2D eigenvalue weighted by Gasteiger charge is -2.19. The van der Waals surface area contributed by atoms with Gasteiger partial charge in [-0.2, -0.15) is 0 Å². The van der Waals surface area contributed by atoms with Gasteiger partial charge in [0.1, 0.15) is 0 Å². The second-order valence-corrected chi connectivity index (χ2v) is 7.92. The normalized spacial score (nSPS) is 11.2. The Morgan fingerprint density at radius 1 is 1.00 bits per heavy atom. The highest BCUT2D eigenvalue weighted by molar-refractivity contribution is 7.99. The van der Waals surface area contributed by atoms with Crippen LogP contribution < -0.4 is 11.1 Å². The smallest absolute Gasteiger partial charge is 0.248 e. The molecular weight excluding hydrogens is 332 g/mol. The molecule has 2 amide bonds. The van der Waals surface area contributed by atoms with Crippen LogP contribution >= 0.6 is 11.8 Å². The van der Waals surface area contributed by atoms with Gasteiger partial charge >= 0.3 is 0 Å². The number of rotatable bonds is 6. The summed E-state index contributed by atoms with van der Waals surface area (Å²) in [7, 11) is 0. The van der Waals surface area contributed by atoms with Gasteiger partial charge in [0.05, 0.1) is 5.75 Å². The van der Waals surface area contributed by atoms with Crippen molar-refractivity contribution in [1.29, 1.82) is 0 Å². The summed E-state index contributed by atoms with van der Waals surface area (Å²) < 4.78 is 0. The molecule has 4 nitrogen and oxygen atoms in total. The zero-order valence-corrected chi connectivity index (χ0v) is 15.7. The number of hydrogen-bond donors (Lipinski definition) is 2. The summed E-state index contributed by atoms with van der Waals surface area (Å²) in [6, 6.07) is 15.1. The molecule has 0 aliphatic rings. The van der Waals surface area contributed by atoms with E-state index in [0.29, 0.717) is 17.0 Å². The predicted octanol–water partition coefficient (Wildman–Crippen LogP) is 3.95. The summed E-state index contributed by atoms with van der Waals surface area (Å²) in [4.78, 5) is 23.0. The molecule has 0 aromatic heterocycles. The highest BCUT2D eigenvalue weighted by Crippen LogP contribution is 2.23. The van der Waals surface area contributed by atoms with Crippen LogP contribution in [-0.2, 0) is 16.0 Å². The number of anilines is 1. The number of nitrogens with one attached hydrogen (secondary N) is 1. The van der Waals surface area contributed by atoms with E-state index < -0.39 is 5.91 Å². The van der Waals surface area contributed by atoms with E-state index in [1.54, 1.807) is 36.0 Å². The molecule has 0 heterocycles. The third-order valence-corrected chi connectivity index (χ3v) is 4.78. The average molecular weight is 356 g/mol. The molecule has 0 aliphatic carbocycles. The van der Waals surface area contributed by atoms with E-state index in [9.17, 15) is 9.59 Å². The van der Waals surface area contributed by atoms with E-state index in [0.717, 1.165) is 5.75 Å². The minimum atomic E-state index is -0.481. The number of nitrogens with two attached hydrogens (primary N) is 1. The third kappa shape index (κ3) is 5.94. The van der Waals surface area contributed by atoms with Gasteiger partial charge in [0, 0.05) is 17.0 Å². The molecule has 0 radical (unpaired) electrons. The van der Waals surface area contributed by atoms with Gasteiger partial charge < -0.3 is 11.1 Å². The van der Waals surface area contributed by atoms with Gasteiger partial charge in [-0.15, -0.1) is 11.8 Å². The molecule has 25 heavy (non-hydrogen) atoms. The number of carbonyl (C=O) groups excluding carboxylic acids is 2. The van der Waals surface area contributed by atoms with Crippen LogP contribution in [0, 0.1) is 0 Å². The SMILES string of the molecule is CC(C)(C)c1ccc(CSCC(=O)Nc2ccc(C(N)=O)cc2)cc1.